The molecule has 9 atom stereocenters. The molecule has 0 aliphatic heterocycles. The number of ether oxygens (including phenoxy) is 2. The van der Waals surface area contributed by atoms with Crippen LogP contribution in [0.5, 0.6) is 0 Å². The largest absolute Gasteiger partial charge is 0.448 e. The quantitative estimate of drug-likeness (QED) is 0.0163. The highest BCUT2D eigenvalue weighted by Crippen LogP contribution is 2.64. The number of rotatable bonds is 36. The average Bonchev–Trinajstić information content (AvgIpc) is 1.67. The van der Waals surface area contributed by atoms with Crippen LogP contribution >= 0.6 is 12.1 Å². The van der Waals surface area contributed by atoms with Crippen molar-refractivity contribution < 1.29 is 76.6 Å². The van der Waals surface area contributed by atoms with Crippen LogP contribution in [0, 0.1) is 0 Å². The van der Waals surface area contributed by atoms with E-state index in [1.54, 1.807) is 91.0 Å². The highest BCUT2D eigenvalue weighted by Gasteiger charge is 2.50. The maximum absolute atomic E-state index is 16.8. The molecule has 11 N–H and O–H groups in total. The Labute approximate surface area is 763 Å². The van der Waals surface area contributed by atoms with Gasteiger partial charge in [0.05, 0.1) is 0 Å². The number of carbonyl (C=O) groups excluding carboxylic acids is 14. The van der Waals surface area contributed by atoms with Gasteiger partial charge in [0.15, 0.2) is 0 Å². The van der Waals surface area contributed by atoms with Gasteiger partial charge in [0.25, 0.3) is 11.8 Å². The number of nitrogens with zero attached hydrogens (tertiary/aromatic N) is 2. The first-order chi connectivity index (χ1) is 61.3. The van der Waals surface area contributed by atoms with Crippen LogP contribution in [0.1, 0.15) is 180 Å². The molecule has 14 amide bonds. The molecule has 4 aliphatic carbocycles. The summed E-state index contributed by atoms with van der Waals surface area (Å²) in [4.78, 5) is 209. The Balaban J connectivity index is 0.947. The third-order valence-corrected chi connectivity index (χ3v) is 36.3. The van der Waals surface area contributed by atoms with Gasteiger partial charge in [-0.2, -0.15) is 0 Å². The fourth-order valence-corrected chi connectivity index (χ4v) is 27.8. The van der Waals surface area contributed by atoms with Gasteiger partial charge >= 0.3 is 12.2 Å². The standard InChI is InChI=1S/C97H118N12O16P2S2/c1-58(83(98)111)103-92(120)96(8,9)107-87(115)62(5)102-89(117)82(57-127(129,68-41-23-15-24-42-68)69-43-25-16-26-44-69)109(95(123)125-55-79-76-51-33-29-47-72(76)73-48-30-34-52-77(73)79)91(119)80(53-65-35-17-12-18-36-65)105-85(113)60(3)100-84(112)59(2)101-88(116)81(56-126(128,66-37-19-13-20-38-66)67-39-21-14-22-40-67)108(90(118)63(6)104-93(121)97(10,11)106-86(114)61(4)99-64(7)110)94(122)124-54-78-74-49-31-27-45-70(74)71-46-28-32-50-75(71)78/h12,15-18,23-36,41-52,58-63,66-67,78-82H,13-14,19-22,37-40,53-57H2,1-11H3,(H2,98,111)(H,99,110)(H,100,112)(H,101,116)(H,102,117)(H,103,120)(H,104,121)(H,105,113)(H,106,114)(H,107,115)/t58-,59-,60-,61-,62-,63-,80-,81-,82-/m0/s1. The van der Waals surface area contributed by atoms with Crippen LogP contribution in [0.15, 0.2) is 188 Å². The zero-order valence-electron chi connectivity index (χ0n) is 74.7. The summed E-state index contributed by atoms with van der Waals surface area (Å²) < 4.78 is 12.8. The summed E-state index contributed by atoms with van der Waals surface area (Å²) in [6.45, 7) is 14.1. The van der Waals surface area contributed by atoms with E-state index >= 15 is 38.4 Å². The monoisotopic (exact) mass is 1830 g/mol. The van der Waals surface area contributed by atoms with Gasteiger partial charge in [0, 0.05) is 43.5 Å². The summed E-state index contributed by atoms with van der Waals surface area (Å²) in [5.74, 6) is -12.2. The number of primary amides is 1. The van der Waals surface area contributed by atoms with Crippen molar-refractivity contribution in [1.29, 1.82) is 0 Å². The molecule has 0 heterocycles. The molecule has 2 fully saturated rings. The van der Waals surface area contributed by atoms with Crippen LogP contribution in [0.25, 0.3) is 22.3 Å². The Morgan fingerprint density at radius 1 is 0.395 bits per heavy atom. The minimum atomic E-state index is -3.47. The van der Waals surface area contributed by atoms with Crippen molar-refractivity contribution in [3.05, 3.63) is 216 Å². The first-order valence-electron chi connectivity index (χ1n) is 44.1. The number of imide groups is 2. The highest BCUT2D eigenvalue weighted by atomic mass is 32.4. The number of hydrogen-bond acceptors (Lipinski definition) is 18. The van der Waals surface area contributed by atoms with Crippen molar-refractivity contribution in [2.75, 3.05) is 25.5 Å². The van der Waals surface area contributed by atoms with Crippen LogP contribution in [0.4, 0.5) is 9.59 Å². The molecule has 4 aliphatic rings. The van der Waals surface area contributed by atoms with E-state index in [0.29, 0.717) is 26.0 Å². The Bertz CT molecular complexity index is 5290. The molecule has 129 heavy (non-hydrogen) atoms. The predicted molar refractivity (Wildman–Crippen MR) is 503 cm³/mol. The van der Waals surface area contributed by atoms with Gasteiger partial charge in [0.2, 0.25) is 59.1 Å². The zero-order valence-corrected chi connectivity index (χ0v) is 78.1. The van der Waals surface area contributed by atoms with Gasteiger partial charge in [0.1, 0.15) is 78.7 Å². The summed E-state index contributed by atoms with van der Waals surface area (Å²) in [5, 5.41) is 25.0. The number of fused-ring (bicyclic) bond motifs is 6. The van der Waals surface area contributed by atoms with Crippen molar-refractivity contribution in [2.24, 2.45) is 5.73 Å². The van der Waals surface area contributed by atoms with Crippen molar-refractivity contribution >= 4 is 129 Å². The van der Waals surface area contributed by atoms with Gasteiger partial charge in [-0.05, 0) is 173 Å². The maximum atomic E-state index is 16.8. The van der Waals surface area contributed by atoms with Crippen molar-refractivity contribution in [1.82, 2.24) is 57.7 Å². The number of nitrogens with two attached hydrogens (primary N) is 1. The summed E-state index contributed by atoms with van der Waals surface area (Å²) >= 11 is 14.0. The Morgan fingerprint density at radius 3 is 1.12 bits per heavy atom. The van der Waals surface area contributed by atoms with Gasteiger partial charge < -0.3 is 63.1 Å². The molecular weight excluding hydrogens is 1720 g/mol. The normalized spacial score (nSPS) is 16.1. The lowest BCUT2D eigenvalue weighted by molar-refractivity contribution is -0.142. The van der Waals surface area contributed by atoms with E-state index in [4.69, 9.17) is 38.8 Å². The Hall–Kier alpha value is -11.6. The molecule has 0 saturated heterocycles. The summed E-state index contributed by atoms with van der Waals surface area (Å²) in [6, 6.07) is 35.9. The molecule has 11 rings (SSSR count). The molecule has 32 heteroatoms. The topological polar surface area (TPSA) is 398 Å². The van der Waals surface area contributed by atoms with Gasteiger partial charge in [-0.1, -0.05) is 250 Å². The first kappa shape index (κ1) is 98.0. The fraction of sp³-hybridized carbons (Fsp3) is 0.423. The smallest absolute Gasteiger partial charge is 0.417 e. The minimum absolute atomic E-state index is 0.0724. The van der Waals surface area contributed by atoms with Crippen LogP contribution in [-0.4, -0.2) is 195 Å². The third-order valence-electron chi connectivity index (χ3n) is 24.9. The zero-order chi connectivity index (χ0) is 93.4. The van der Waals surface area contributed by atoms with Crippen LogP contribution in [0.3, 0.4) is 0 Å². The summed E-state index contributed by atoms with van der Waals surface area (Å²) in [6.07, 6.45) is 4.60. The van der Waals surface area contributed by atoms with E-state index in [9.17, 15) is 28.8 Å². The average molecular weight is 1830 g/mol. The second-order valence-electron chi connectivity index (χ2n) is 35.2. The summed E-state index contributed by atoms with van der Waals surface area (Å²) in [5.41, 5.74) is 9.11. The van der Waals surface area contributed by atoms with Crippen LogP contribution in [0.2, 0.25) is 0 Å². The number of nitrogens with one attached hydrogen (secondary N) is 9. The van der Waals surface area contributed by atoms with Crippen LogP contribution < -0.4 is 64.2 Å². The predicted octanol–water partition coefficient (Wildman–Crippen LogP) is 9.60. The lowest BCUT2D eigenvalue weighted by atomic mass is 9.98. The Morgan fingerprint density at radius 2 is 0.729 bits per heavy atom. The molecule has 0 unspecified atom stereocenters. The van der Waals surface area contributed by atoms with Crippen molar-refractivity contribution in [2.45, 2.75) is 235 Å². The molecule has 0 radical (unpaired) electrons. The van der Waals surface area contributed by atoms with E-state index in [2.05, 4.69) is 47.9 Å². The number of carbonyl (C=O) groups is 14. The molecule has 2 saturated carbocycles. The number of hydrogen-bond donors (Lipinski definition) is 10. The highest BCUT2D eigenvalue weighted by molar-refractivity contribution is 8.22. The van der Waals surface area contributed by atoms with E-state index in [-0.39, 0.29) is 30.5 Å². The minimum Gasteiger partial charge on any atom is -0.448 e. The Kier molecular flexibility index (Phi) is 32.8. The third kappa shape index (κ3) is 23.5. The molecular formula is C97H118N12O16P2S2. The van der Waals surface area contributed by atoms with Gasteiger partial charge in [-0.3, -0.25) is 57.5 Å². The molecule has 7 aromatic rings. The van der Waals surface area contributed by atoms with Gasteiger partial charge in [-0.25, -0.2) is 19.4 Å². The van der Waals surface area contributed by atoms with E-state index in [1.165, 1.54) is 76.2 Å². The van der Waals surface area contributed by atoms with Crippen molar-refractivity contribution in [3.63, 3.8) is 0 Å². The molecule has 0 spiro atoms. The fourth-order valence-electron chi connectivity index (χ4n) is 17.6. The first-order valence-corrected chi connectivity index (χ1v) is 50.2. The summed E-state index contributed by atoms with van der Waals surface area (Å²) in [7, 11) is 0. The number of benzene rings is 7. The lowest BCUT2D eigenvalue weighted by Crippen LogP contribution is -2.64. The SMILES string of the molecule is CC(=O)N[C@@H](C)C(=O)NC(C)(C)C(=O)N[C@@H](C)C(=O)N(C(=O)OCC1c2ccccc2-c2ccccc21)[C@@H](CP(=S)(C1CCCCC1)C1CCCCC1)C(=O)N[C@@H](C)C(=O)N[C@@H](C)C(=O)N[C@@H](Cc1ccccc1)C(=O)N(C(=O)OCC1c2ccccc2-c2ccccc21)[C@@H](CP(=S)(c1ccccc1)c1ccccc1)C(=O)N[C@@H](C)C(=O)NC(C)(C)C(=O)N[C@@H](C)C(N)=O. The van der Waals surface area contributed by atoms with E-state index in [1.807, 2.05) is 97.1 Å². The maximum Gasteiger partial charge on any atom is 0.417 e. The lowest BCUT2D eigenvalue weighted by Gasteiger charge is -2.44. The van der Waals surface area contributed by atoms with E-state index in [0.717, 1.165) is 109 Å². The molecule has 684 valence electrons. The molecule has 28 nitrogen and oxygen atoms in total. The van der Waals surface area contributed by atoms with Crippen molar-refractivity contribution in [3.8, 4) is 22.3 Å². The second-order valence-corrected chi connectivity index (χ2v) is 45.5. The molecule has 0 aromatic heterocycles. The van der Waals surface area contributed by atoms with Gasteiger partial charge in [-0.15, -0.1) is 0 Å². The van der Waals surface area contributed by atoms with Crippen LogP contribution in [-0.2, 0) is 97.0 Å². The van der Waals surface area contributed by atoms with E-state index < -0.39 is 185 Å². The molecule has 7 aromatic carbocycles. The molecule has 0 bridgehead atoms. The second kappa shape index (κ2) is 43.2. The number of amides is 14.